The van der Waals surface area contributed by atoms with Crippen molar-refractivity contribution in [1.29, 1.82) is 0 Å². The van der Waals surface area contributed by atoms with E-state index in [-0.39, 0.29) is 6.10 Å². The Labute approximate surface area is 151 Å². The van der Waals surface area contributed by atoms with Crippen molar-refractivity contribution in [2.75, 3.05) is 13.2 Å². The van der Waals surface area contributed by atoms with Gasteiger partial charge >= 0.3 is 0 Å². The third-order valence-electron chi connectivity index (χ3n) is 5.23. The molecule has 7 nitrogen and oxygen atoms in total. The molecule has 2 aliphatic rings. The molecule has 0 bridgehead atoms. The molecule has 0 radical (unpaired) electrons. The molecule has 7 heteroatoms. The molecular formula is C19H23N5O2. The van der Waals surface area contributed by atoms with Crippen molar-refractivity contribution in [3.63, 3.8) is 0 Å². The molecule has 0 N–H and O–H groups in total. The molecule has 3 aromatic heterocycles. The number of ether oxygens (including phenoxy) is 2. The van der Waals surface area contributed by atoms with Gasteiger partial charge in [-0.05, 0) is 24.8 Å². The zero-order chi connectivity index (χ0) is 17.5. The van der Waals surface area contributed by atoms with Gasteiger partial charge < -0.3 is 9.47 Å². The topological polar surface area (TPSA) is 67.0 Å². The van der Waals surface area contributed by atoms with Crippen LogP contribution < -0.4 is 4.74 Å². The molecule has 2 fully saturated rings. The molecule has 0 unspecified atom stereocenters. The molecule has 0 amide bonds. The van der Waals surface area contributed by atoms with Crippen LogP contribution in [0.3, 0.4) is 0 Å². The molecule has 0 spiro atoms. The van der Waals surface area contributed by atoms with Gasteiger partial charge in [0.1, 0.15) is 11.8 Å². The van der Waals surface area contributed by atoms with Gasteiger partial charge in [0.05, 0.1) is 30.3 Å². The van der Waals surface area contributed by atoms with E-state index in [1.807, 2.05) is 28.7 Å². The molecule has 1 saturated carbocycles. The molecule has 3 aromatic rings. The molecule has 4 heterocycles. The van der Waals surface area contributed by atoms with Crippen molar-refractivity contribution in [3.05, 3.63) is 24.7 Å². The van der Waals surface area contributed by atoms with Crippen LogP contribution in [0.2, 0.25) is 0 Å². The highest BCUT2D eigenvalue weighted by Crippen LogP contribution is 2.35. The Morgan fingerprint density at radius 2 is 2.08 bits per heavy atom. The van der Waals surface area contributed by atoms with Gasteiger partial charge in [-0.2, -0.15) is 10.2 Å². The van der Waals surface area contributed by atoms with E-state index in [9.17, 15) is 0 Å². The van der Waals surface area contributed by atoms with Crippen LogP contribution in [-0.4, -0.2) is 43.9 Å². The third-order valence-corrected chi connectivity index (χ3v) is 5.23. The van der Waals surface area contributed by atoms with Crippen molar-refractivity contribution in [3.8, 4) is 17.1 Å². The van der Waals surface area contributed by atoms with E-state index in [4.69, 9.17) is 14.6 Å². The Morgan fingerprint density at radius 3 is 2.88 bits per heavy atom. The first-order chi connectivity index (χ1) is 12.8. The highest BCUT2D eigenvalue weighted by Gasteiger charge is 2.24. The van der Waals surface area contributed by atoms with E-state index in [0.717, 1.165) is 60.7 Å². The number of fused-ring (bicyclic) bond motifs is 1. The molecule has 26 heavy (non-hydrogen) atoms. The molecule has 1 aliphatic carbocycles. The second-order valence-electron chi connectivity index (χ2n) is 7.31. The second kappa shape index (κ2) is 6.39. The van der Waals surface area contributed by atoms with E-state index in [1.165, 1.54) is 12.8 Å². The number of hydrogen-bond acceptors (Lipinski definition) is 5. The van der Waals surface area contributed by atoms with Crippen LogP contribution in [0.4, 0.5) is 0 Å². The maximum atomic E-state index is 6.25. The summed E-state index contributed by atoms with van der Waals surface area (Å²) in [6.45, 7) is 2.48. The zero-order valence-corrected chi connectivity index (χ0v) is 15.0. The molecular weight excluding hydrogens is 330 g/mol. The number of aromatic nitrogens is 5. The van der Waals surface area contributed by atoms with E-state index < -0.39 is 0 Å². The van der Waals surface area contributed by atoms with Crippen LogP contribution in [0.25, 0.3) is 22.2 Å². The van der Waals surface area contributed by atoms with Gasteiger partial charge in [0, 0.05) is 44.4 Å². The maximum Gasteiger partial charge on any atom is 0.225 e. The third kappa shape index (κ3) is 2.96. The standard InChI is InChI=1S/C19H23N5O2/c1-23-16-4-7-20-19(26-15-5-8-25-9-6-15)17(16)18(22-23)14-10-21-24(12-14)11-13-2-3-13/h4,7,10,12-13,15H,2-3,5-6,8-9,11H2,1H3. The van der Waals surface area contributed by atoms with Gasteiger partial charge in [0.15, 0.2) is 0 Å². The van der Waals surface area contributed by atoms with Crippen LogP contribution in [-0.2, 0) is 18.3 Å². The lowest BCUT2D eigenvalue weighted by atomic mass is 10.1. The summed E-state index contributed by atoms with van der Waals surface area (Å²) in [6, 6.07) is 1.98. The smallest absolute Gasteiger partial charge is 0.225 e. The van der Waals surface area contributed by atoms with Gasteiger partial charge in [-0.25, -0.2) is 4.98 Å². The fourth-order valence-electron chi connectivity index (χ4n) is 3.57. The number of rotatable bonds is 5. The monoisotopic (exact) mass is 353 g/mol. The fourth-order valence-corrected chi connectivity index (χ4v) is 3.57. The largest absolute Gasteiger partial charge is 0.474 e. The van der Waals surface area contributed by atoms with Gasteiger partial charge in [0.25, 0.3) is 0 Å². The highest BCUT2D eigenvalue weighted by atomic mass is 16.5. The highest BCUT2D eigenvalue weighted by molar-refractivity contribution is 5.96. The van der Waals surface area contributed by atoms with E-state index in [0.29, 0.717) is 5.88 Å². The minimum Gasteiger partial charge on any atom is -0.474 e. The summed E-state index contributed by atoms with van der Waals surface area (Å²) in [5, 5.41) is 10.2. The van der Waals surface area contributed by atoms with E-state index >= 15 is 0 Å². The molecule has 5 rings (SSSR count). The van der Waals surface area contributed by atoms with E-state index in [2.05, 4.69) is 16.3 Å². The summed E-state index contributed by atoms with van der Waals surface area (Å²) in [4.78, 5) is 4.52. The average molecular weight is 353 g/mol. The van der Waals surface area contributed by atoms with Crippen molar-refractivity contribution < 1.29 is 9.47 Å². The van der Waals surface area contributed by atoms with Crippen LogP contribution >= 0.6 is 0 Å². The Kier molecular flexibility index (Phi) is 3.89. The summed E-state index contributed by atoms with van der Waals surface area (Å²) < 4.78 is 15.6. The van der Waals surface area contributed by atoms with Gasteiger partial charge in [-0.3, -0.25) is 9.36 Å². The normalized spacial score (nSPS) is 18.5. The van der Waals surface area contributed by atoms with Crippen molar-refractivity contribution in [1.82, 2.24) is 24.5 Å². The van der Waals surface area contributed by atoms with Gasteiger partial charge in [-0.1, -0.05) is 0 Å². The van der Waals surface area contributed by atoms with Crippen molar-refractivity contribution in [2.45, 2.75) is 38.3 Å². The Hall–Kier alpha value is -2.41. The summed E-state index contributed by atoms with van der Waals surface area (Å²) >= 11 is 0. The number of pyridine rings is 1. The van der Waals surface area contributed by atoms with Gasteiger partial charge in [-0.15, -0.1) is 0 Å². The Balaban J connectivity index is 1.52. The zero-order valence-electron chi connectivity index (χ0n) is 15.0. The predicted molar refractivity (Wildman–Crippen MR) is 96.9 cm³/mol. The second-order valence-corrected chi connectivity index (χ2v) is 7.31. The predicted octanol–water partition coefficient (Wildman–Crippen LogP) is 2.80. The lowest BCUT2D eigenvalue weighted by Crippen LogP contribution is -2.26. The molecule has 136 valence electrons. The molecule has 0 atom stereocenters. The summed E-state index contributed by atoms with van der Waals surface area (Å²) in [6.07, 6.45) is 10.3. The maximum absolute atomic E-state index is 6.25. The summed E-state index contributed by atoms with van der Waals surface area (Å²) in [5.41, 5.74) is 2.92. The first-order valence-electron chi connectivity index (χ1n) is 9.37. The summed E-state index contributed by atoms with van der Waals surface area (Å²) in [5.74, 6) is 1.45. The number of nitrogens with zero attached hydrogens (tertiary/aromatic N) is 5. The van der Waals surface area contributed by atoms with Crippen LogP contribution in [0.1, 0.15) is 25.7 Å². The van der Waals surface area contributed by atoms with E-state index in [1.54, 1.807) is 6.20 Å². The molecule has 1 aliphatic heterocycles. The van der Waals surface area contributed by atoms with Crippen molar-refractivity contribution in [2.24, 2.45) is 13.0 Å². The summed E-state index contributed by atoms with van der Waals surface area (Å²) in [7, 11) is 1.96. The molecule has 1 saturated heterocycles. The number of aryl methyl sites for hydroxylation is 1. The Bertz CT molecular complexity index is 921. The van der Waals surface area contributed by atoms with Crippen molar-refractivity contribution >= 4 is 10.9 Å². The van der Waals surface area contributed by atoms with Crippen LogP contribution in [0.5, 0.6) is 5.88 Å². The first kappa shape index (κ1) is 15.8. The lowest BCUT2D eigenvalue weighted by molar-refractivity contribution is 0.0244. The van der Waals surface area contributed by atoms with Gasteiger partial charge in [0.2, 0.25) is 5.88 Å². The number of hydrogen-bond donors (Lipinski definition) is 0. The quantitative estimate of drug-likeness (QED) is 0.706. The molecule has 0 aromatic carbocycles. The lowest BCUT2D eigenvalue weighted by Gasteiger charge is -2.23. The SMILES string of the molecule is Cn1nc(-c2cnn(CC3CC3)c2)c2c(OC3CCOCC3)nccc21. The van der Waals surface area contributed by atoms with Crippen LogP contribution in [0, 0.1) is 5.92 Å². The van der Waals surface area contributed by atoms with Crippen LogP contribution in [0.15, 0.2) is 24.7 Å². The minimum absolute atomic E-state index is 0.146. The first-order valence-corrected chi connectivity index (χ1v) is 9.37. The Morgan fingerprint density at radius 1 is 1.23 bits per heavy atom. The average Bonchev–Trinajstić information content (AvgIpc) is 3.24. The minimum atomic E-state index is 0.146. The fraction of sp³-hybridized carbons (Fsp3) is 0.526.